The molecule has 4 heteroatoms. The van der Waals surface area contributed by atoms with E-state index in [0.717, 1.165) is 12.8 Å². The van der Waals surface area contributed by atoms with Crippen molar-refractivity contribution in [3.8, 4) is 0 Å². The third kappa shape index (κ3) is 3.18. The molecule has 1 aromatic heterocycles. The standard InChI is InChI=1S/C15H22N2OS/c18-15(7-6-12-4-3-11-19-12)16-13-8-10-17-9-2-1-5-14(13)17/h3-4,11,13-14H,1-2,5-10H2,(H,16,18)/t13-,14+/m1/s1. The zero-order valence-electron chi connectivity index (χ0n) is 11.3. The Morgan fingerprint density at radius 3 is 3.16 bits per heavy atom. The van der Waals surface area contributed by atoms with Crippen LogP contribution in [0, 0.1) is 0 Å². The van der Waals surface area contributed by atoms with Gasteiger partial charge in [0.25, 0.3) is 0 Å². The van der Waals surface area contributed by atoms with Crippen LogP contribution >= 0.6 is 11.3 Å². The van der Waals surface area contributed by atoms with Crippen molar-refractivity contribution in [3.05, 3.63) is 22.4 Å². The topological polar surface area (TPSA) is 32.3 Å². The molecule has 3 nitrogen and oxygen atoms in total. The van der Waals surface area contributed by atoms with Crippen LogP contribution in [0.2, 0.25) is 0 Å². The van der Waals surface area contributed by atoms with E-state index < -0.39 is 0 Å². The van der Waals surface area contributed by atoms with Crippen molar-refractivity contribution in [2.75, 3.05) is 13.1 Å². The Kier molecular flexibility index (Phi) is 4.18. The van der Waals surface area contributed by atoms with Crippen molar-refractivity contribution in [3.63, 3.8) is 0 Å². The number of thiophene rings is 1. The second-order valence-corrected chi connectivity index (χ2v) is 6.67. The van der Waals surface area contributed by atoms with E-state index in [1.54, 1.807) is 11.3 Å². The fourth-order valence-corrected chi connectivity index (χ4v) is 4.10. The number of fused-ring (bicyclic) bond motifs is 1. The monoisotopic (exact) mass is 278 g/mol. The lowest BCUT2D eigenvalue weighted by molar-refractivity contribution is -0.122. The first kappa shape index (κ1) is 13.1. The second-order valence-electron chi connectivity index (χ2n) is 5.64. The maximum absolute atomic E-state index is 12.0. The second kappa shape index (κ2) is 6.06. The summed E-state index contributed by atoms with van der Waals surface area (Å²) in [5.74, 6) is 0.228. The number of carbonyl (C=O) groups excluding carboxylic acids is 1. The molecule has 19 heavy (non-hydrogen) atoms. The van der Waals surface area contributed by atoms with Crippen LogP contribution in [-0.4, -0.2) is 36.0 Å². The quantitative estimate of drug-likeness (QED) is 0.917. The van der Waals surface area contributed by atoms with Crippen LogP contribution in [0.25, 0.3) is 0 Å². The first-order valence-electron chi connectivity index (χ1n) is 7.39. The predicted octanol–water partition coefficient (Wildman–Crippen LogP) is 2.42. The molecular weight excluding hydrogens is 256 g/mol. The van der Waals surface area contributed by atoms with Gasteiger partial charge >= 0.3 is 0 Å². The molecule has 2 atom stereocenters. The van der Waals surface area contributed by atoms with Gasteiger partial charge in [-0.05, 0) is 43.7 Å². The molecule has 1 N–H and O–H groups in total. The molecule has 0 spiro atoms. The van der Waals surface area contributed by atoms with Gasteiger partial charge in [0.05, 0.1) is 0 Å². The Morgan fingerprint density at radius 2 is 2.32 bits per heavy atom. The van der Waals surface area contributed by atoms with Gasteiger partial charge in [-0.1, -0.05) is 12.5 Å². The van der Waals surface area contributed by atoms with Gasteiger partial charge in [-0.2, -0.15) is 0 Å². The first-order chi connectivity index (χ1) is 9.33. The molecule has 0 radical (unpaired) electrons. The highest BCUT2D eigenvalue weighted by Gasteiger charge is 2.35. The van der Waals surface area contributed by atoms with Gasteiger partial charge in [0.1, 0.15) is 0 Å². The smallest absolute Gasteiger partial charge is 0.220 e. The molecule has 0 unspecified atom stereocenters. The van der Waals surface area contributed by atoms with E-state index in [-0.39, 0.29) is 5.91 Å². The molecular formula is C15H22N2OS. The molecule has 0 aliphatic carbocycles. The Hall–Kier alpha value is -0.870. The number of hydrogen-bond donors (Lipinski definition) is 1. The van der Waals surface area contributed by atoms with E-state index in [9.17, 15) is 4.79 Å². The number of aryl methyl sites for hydroxylation is 1. The van der Waals surface area contributed by atoms with Gasteiger partial charge in [0, 0.05) is 29.9 Å². The summed E-state index contributed by atoms with van der Waals surface area (Å²) in [6.45, 7) is 2.40. The Balaban J connectivity index is 1.47. The normalized spacial score (nSPS) is 27.2. The van der Waals surface area contributed by atoms with Gasteiger partial charge in [-0.15, -0.1) is 11.3 Å². The lowest BCUT2D eigenvalue weighted by Gasteiger charge is -2.32. The summed E-state index contributed by atoms with van der Waals surface area (Å²) in [7, 11) is 0. The molecule has 0 bridgehead atoms. The summed E-state index contributed by atoms with van der Waals surface area (Å²) in [6, 6.07) is 5.17. The van der Waals surface area contributed by atoms with Crippen LogP contribution in [0.1, 0.15) is 37.0 Å². The SMILES string of the molecule is O=C(CCc1cccs1)N[C@@H]1CCN2CCCC[C@@H]12. The van der Waals surface area contributed by atoms with Crippen molar-refractivity contribution in [1.82, 2.24) is 10.2 Å². The van der Waals surface area contributed by atoms with E-state index in [2.05, 4.69) is 27.7 Å². The third-order valence-electron chi connectivity index (χ3n) is 4.38. The molecule has 0 aromatic carbocycles. The minimum absolute atomic E-state index is 0.228. The van der Waals surface area contributed by atoms with Crippen molar-refractivity contribution in [2.45, 2.75) is 50.6 Å². The highest BCUT2D eigenvalue weighted by Crippen LogP contribution is 2.27. The van der Waals surface area contributed by atoms with Gasteiger partial charge < -0.3 is 5.32 Å². The number of nitrogens with one attached hydrogen (secondary N) is 1. The van der Waals surface area contributed by atoms with Crippen molar-refractivity contribution in [2.24, 2.45) is 0 Å². The molecule has 0 saturated carbocycles. The summed E-state index contributed by atoms with van der Waals surface area (Å²) >= 11 is 1.74. The maximum Gasteiger partial charge on any atom is 0.220 e. The number of hydrogen-bond acceptors (Lipinski definition) is 3. The van der Waals surface area contributed by atoms with Crippen LogP contribution in [-0.2, 0) is 11.2 Å². The first-order valence-corrected chi connectivity index (χ1v) is 8.27. The van der Waals surface area contributed by atoms with Gasteiger partial charge in [0.2, 0.25) is 5.91 Å². The molecule has 3 rings (SSSR count). The molecule has 3 heterocycles. The minimum atomic E-state index is 0.228. The lowest BCUT2D eigenvalue weighted by Crippen LogP contribution is -2.46. The number of piperidine rings is 1. The molecule has 104 valence electrons. The Morgan fingerprint density at radius 1 is 1.37 bits per heavy atom. The number of amides is 1. The van der Waals surface area contributed by atoms with Crippen molar-refractivity contribution >= 4 is 17.2 Å². The maximum atomic E-state index is 12.0. The molecule has 2 aliphatic rings. The summed E-state index contributed by atoms with van der Waals surface area (Å²) in [5, 5.41) is 5.34. The van der Waals surface area contributed by atoms with Crippen LogP contribution in [0.5, 0.6) is 0 Å². The molecule has 2 saturated heterocycles. The Labute approximate surface area is 119 Å². The molecule has 2 fully saturated rings. The number of carbonyl (C=O) groups is 1. The average Bonchev–Trinajstić information content (AvgIpc) is 3.07. The summed E-state index contributed by atoms with van der Waals surface area (Å²) in [6.07, 6.45) is 6.55. The van der Waals surface area contributed by atoms with Crippen LogP contribution in [0.3, 0.4) is 0 Å². The number of nitrogens with zero attached hydrogens (tertiary/aromatic N) is 1. The average molecular weight is 278 g/mol. The Bertz CT molecular complexity index is 418. The predicted molar refractivity (Wildman–Crippen MR) is 78.4 cm³/mol. The summed E-state index contributed by atoms with van der Waals surface area (Å²) < 4.78 is 0. The molecule has 2 aliphatic heterocycles. The zero-order valence-corrected chi connectivity index (χ0v) is 12.1. The van der Waals surface area contributed by atoms with Gasteiger partial charge in [0.15, 0.2) is 0 Å². The minimum Gasteiger partial charge on any atom is -0.352 e. The summed E-state index contributed by atoms with van der Waals surface area (Å²) in [5.41, 5.74) is 0. The third-order valence-corrected chi connectivity index (χ3v) is 5.32. The number of rotatable bonds is 4. The van der Waals surface area contributed by atoms with E-state index >= 15 is 0 Å². The largest absolute Gasteiger partial charge is 0.352 e. The zero-order chi connectivity index (χ0) is 13.1. The highest BCUT2D eigenvalue weighted by molar-refractivity contribution is 7.09. The van der Waals surface area contributed by atoms with E-state index in [0.29, 0.717) is 18.5 Å². The van der Waals surface area contributed by atoms with Crippen LogP contribution in [0.15, 0.2) is 17.5 Å². The molecule has 1 amide bonds. The lowest BCUT2D eigenvalue weighted by atomic mass is 9.99. The van der Waals surface area contributed by atoms with Gasteiger partial charge in [-0.3, -0.25) is 9.69 Å². The van der Waals surface area contributed by atoms with Crippen LogP contribution < -0.4 is 5.32 Å². The fourth-order valence-electron chi connectivity index (χ4n) is 3.39. The van der Waals surface area contributed by atoms with Crippen LogP contribution in [0.4, 0.5) is 0 Å². The van der Waals surface area contributed by atoms with Crippen molar-refractivity contribution in [1.29, 1.82) is 0 Å². The van der Waals surface area contributed by atoms with E-state index in [1.807, 2.05) is 0 Å². The van der Waals surface area contributed by atoms with E-state index in [1.165, 1.54) is 37.2 Å². The fraction of sp³-hybridized carbons (Fsp3) is 0.667. The van der Waals surface area contributed by atoms with E-state index in [4.69, 9.17) is 0 Å². The highest BCUT2D eigenvalue weighted by atomic mass is 32.1. The molecule has 1 aromatic rings. The van der Waals surface area contributed by atoms with Gasteiger partial charge in [-0.25, -0.2) is 0 Å². The summed E-state index contributed by atoms with van der Waals surface area (Å²) in [4.78, 5) is 15.9. The van der Waals surface area contributed by atoms with Crippen molar-refractivity contribution < 1.29 is 4.79 Å².